The van der Waals surface area contributed by atoms with E-state index >= 15 is 0 Å². The van der Waals surface area contributed by atoms with Crippen molar-refractivity contribution < 1.29 is 19.2 Å². The number of piperidine rings is 1. The summed E-state index contributed by atoms with van der Waals surface area (Å²) >= 11 is 0. The van der Waals surface area contributed by atoms with E-state index in [1.165, 1.54) is 12.1 Å². The zero-order chi connectivity index (χ0) is 25.2. The topological polar surface area (TPSA) is 96.2 Å². The molecule has 35 heavy (non-hydrogen) atoms. The molecular weight excluding hydrogens is 448 g/mol. The third kappa shape index (κ3) is 5.23. The zero-order valence-electron chi connectivity index (χ0n) is 20.5. The number of carbonyl (C=O) groups is 2. The van der Waals surface area contributed by atoms with E-state index in [9.17, 15) is 19.7 Å². The van der Waals surface area contributed by atoms with Crippen LogP contribution in [0.1, 0.15) is 39.2 Å². The highest BCUT2D eigenvalue weighted by Gasteiger charge is 2.54. The van der Waals surface area contributed by atoms with E-state index in [1.807, 2.05) is 56.0 Å². The molecule has 2 amide bonds. The number of non-ortho nitro benzene ring substituents is 1. The summed E-state index contributed by atoms with van der Waals surface area (Å²) in [7, 11) is 0. The normalized spacial score (nSPS) is 17.7. The second-order valence-electron chi connectivity index (χ2n) is 10.1. The second kappa shape index (κ2) is 9.56. The van der Waals surface area contributed by atoms with Gasteiger partial charge < -0.3 is 19.4 Å². The largest absolute Gasteiger partial charge is 0.444 e. The van der Waals surface area contributed by atoms with Gasteiger partial charge in [-0.3, -0.25) is 14.9 Å². The Hall–Kier alpha value is -3.62. The fraction of sp³-hybridized carbons (Fsp3) is 0.462. The summed E-state index contributed by atoms with van der Waals surface area (Å²) in [6.07, 6.45) is 1.30. The van der Waals surface area contributed by atoms with E-state index in [0.29, 0.717) is 45.6 Å². The van der Waals surface area contributed by atoms with Crippen molar-refractivity contribution in [2.45, 2.75) is 51.2 Å². The summed E-state index contributed by atoms with van der Waals surface area (Å²) in [5, 5.41) is 10.9. The number of benzene rings is 2. The van der Waals surface area contributed by atoms with Crippen LogP contribution in [0.2, 0.25) is 0 Å². The van der Waals surface area contributed by atoms with Crippen molar-refractivity contribution in [1.82, 2.24) is 9.80 Å². The quantitative estimate of drug-likeness (QED) is 0.470. The monoisotopic (exact) mass is 480 g/mol. The van der Waals surface area contributed by atoms with Gasteiger partial charge in [0.25, 0.3) is 5.69 Å². The third-order valence-electron chi connectivity index (χ3n) is 6.64. The fourth-order valence-corrected chi connectivity index (χ4v) is 4.81. The summed E-state index contributed by atoms with van der Waals surface area (Å²) < 4.78 is 5.53. The summed E-state index contributed by atoms with van der Waals surface area (Å²) in [6, 6.07) is 16.4. The van der Waals surface area contributed by atoms with Crippen LogP contribution >= 0.6 is 0 Å². The second-order valence-corrected chi connectivity index (χ2v) is 10.1. The summed E-state index contributed by atoms with van der Waals surface area (Å²) in [4.78, 5) is 42.6. The maximum Gasteiger partial charge on any atom is 0.410 e. The first-order chi connectivity index (χ1) is 16.6. The van der Waals surface area contributed by atoms with Gasteiger partial charge in [-0.15, -0.1) is 0 Å². The van der Waals surface area contributed by atoms with Crippen LogP contribution in [-0.4, -0.2) is 64.2 Å². The maximum absolute atomic E-state index is 13.8. The molecule has 186 valence electrons. The molecule has 2 heterocycles. The molecule has 0 aliphatic carbocycles. The highest BCUT2D eigenvalue weighted by Crippen LogP contribution is 2.39. The first-order valence-electron chi connectivity index (χ1n) is 11.9. The van der Waals surface area contributed by atoms with E-state index in [2.05, 4.69) is 4.90 Å². The lowest BCUT2D eigenvalue weighted by atomic mass is 9.85. The van der Waals surface area contributed by atoms with Gasteiger partial charge in [0.15, 0.2) is 0 Å². The van der Waals surface area contributed by atoms with Crippen LogP contribution < -0.4 is 4.90 Å². The van der Waals surface area contributed by atoms with Gasteiger partial charge >= 0.3 is 6.09 Å². The highest BCUT2D eigenvalue weighted by atomic mass is 16.6. The minimum atomic E-state index is -0.713. The van der Waals surface area contributed by atoms with E-state index in [4.69, 9.17) is 4.74 Å². The molecule has 1 spiro atoms. The molecule has 0 saturated carbocycles. The molecule has 0 unspecified atom stereocenters. The number of rotatable bonds is 5. The third-order valence-corrected chi connectivity index (χ3v) is 6.64. The predicted molar refractivity (Wildman–Crippen MR) is 132 cm³/mol. The molecule has 0 bridgehead atoms. The number of nitro benzene ring substituents is 1. The molecule has 2 aromatic carbocycles. The van der Waals surface area contributed by atoms with Gasteiger partial charge in [0, 0.05) is 37.5 Å². The van der Waals surface area contributed by atoms with Gasteiger partial charge in [-0.05, 0) is 57.7 Å². The smallest absolute Gasteiger partial charge is 0.410 e. The molecule has 2 aliphatic heterocycles. The lowest BCUT2D eigenvalue weighted by Gasteiger charge is -2.43. The molecule has 9 heteroatoms. The molecule has 2 aromatic rings. The number of carbonyl (C=O) groups excluding carboxylic acids is 2. The standard InChI is InChI=1S/C26H32N4O5/c1-25(2,3)35-24(32)27-17-14-26(15-18-27)23(31)28(19-29(26)21-7-5-4-6-8-21)16-13-20-9-11-22(12-10-20)30(33)34/h4-12H,13-19H2,1-3H3. The van der Waals surface area contributed by atoms with Crippen LogP contribution in [0.4, 0.5) is 16.2 Å². The Morgan fingerprint density at radius 2 is 1.69 bits per heavy atom. The Kier molecular flexibility index (Phi) is 6.69. The Labute approximate surface area is 205 Å². The Balaban J connectivity index is 1.50. The first-order valence-corrected chi connectivity index (χ1v) is 11.9. The van der Waals surface area contributed by atoms with Crippen LogP contribution in [0.25, 0.3) is 0 Å². The van der Waals surface area contributed by atoms with Crippen molar-refractivity contribution in [3.63, 3.8) is 0 Å². The number of hydrogen-bond donors (Lipinski definition) is 0. The number of amides is 2. The molecule has 0 aromatic heterocycles. The number of nitrogens with zero attached hydrogens (tertiary/aromatic N) is 4. The SMILES string of the molecule is CC(C)(C)OC(=O)N1CCC2(CC1)C(=O)N(CCc1ccc([N+](=O)[O-])cc1)CN2c1ccccc1. The van der Waals surface area contributed by atoms with Gasteiger partial charge in [-0.25, -0.2) is 4.79 Å². The van der Waals surface area contributed by atoms with E-state index in [1.54, 1.807) is 17.0 Å². The summed E-state index contributed by atoms with van der Waals surface area (Å²) in [6.45, 7) is 7.39. The molecule has 2 aliphatic rings. The molecule has 0 atom stereocenters. The van der Waals surface area contributed by atoms with E-state index < -0.39 is 16.1 Å². The van der Waals surface area contributed by atoms with E-state index in [0.717, 1.165) is 11.3 Å². The summed E-state index contributed by atoms with van der Waals surface area (Å²) in [5.74, 6) is 0.0621. The maximum atomic E-state index is 13.8. The molecule has 0 radical (unpaired) electrons. The predicted octanol–water partition coefficient (Wildman–Crippen LogP) is 4.21. The van der Waals surface area contributed by atoms with Gasteiger partial charge in [0.2, 0.25) is 5.91 Å². The average molecular weight is 481 g/mol. The van der Waals surface area contributed by atoms with Crippen molar-refractivity contribution in [2.75, 3.05) is 31.2 Å². The van der Waals surface area contributed by atoms with Gasteiger partial charge in [-0.1, -0.05) is 30.3 Å². The lowest BCUT2D eigenvalue weighted by molar-refractivity contribution is -0.384. The van der Waals surface area contributed by atoms with Crippen molar-refractivity contribution in [3.8, 4) is 0 Å². The Morgan fingerprint density at radius 3 is 2.26 bits per heavy atom. The van der Waals surface area contributed by atoms with Crippen molar-refractivity contribution in [2.24, 2.45) is 0 Å². The number of hydrogen-bond acceptors (Lipinski definition) is 6. The fourth-order valence-electron chi connectivity index (χ4n) is 4.81. The summed E-state index contributed by atoms with van der Waals surface area (Å²) in [5.41, 5.74) is 0.687. The van der Waals surface area contributed by atoms with Crippen molar-refractivity contribution >= 4 is 23.4 Å². The van der Waals surface area contributed by atoms with Gasteiger partial charge in [0.1, 0.15) is 11.1 Å². The minimum absolute atomic E-state index is 0.0527. The number of nitro groups is 1. The Morgan fingerprint density at radius 1 is 1.06 bits per heavy atom. The molecular formula is C26H32N4O5. The highest BCUT2D eigenvalue weighted by molar-refractivity contribution is 5.93. The lowest BCUT2D eigenvalue weighted by Crippen LogP contribution is -2.57. The molecule has 2 saturated heterocycles. The number of likely N-dealkylation sites (tertiary alicyclic amines) is 1. The molecule has 0 N–H and O–H groups in total. The van der Waals surface area contributed by atoms with Crippen LogP contribution in [0.3, 0.4) is 0 Å². The van der Waals surface area contributed by atoms with Crippen LogP contribution in [0.15, 0.2) is 54.6 Å². The number of para-hydroxylation sites is 1. The molecule has 2 fully saturated rings. The van der Waals surface area contributed by atoms with Crippen molar-refractivity contribution in [1.29, 1.82) is 0 Å². The number of anilines is 1. The van der Waals surface area contributed by atoms with E-state index in [-0.39, 0.29) is 17.7 Å². The molecule has 4 rings (SSSR count). The van der Waals surface area contributed by atoms with Gasteiger partial charge in [0.05, 0.1) is 11.6 Å². The van der Waals surface area contributed by atoms with Crippen LogP contribution in [0, 0.1) is 10.1 Å². The number of ether oxygens (including phenoxy) is 1. The average Bonchev–Trinajstić information content (AvgIpc) is 3.09. The van der Waals surface area contributed by atoms with Crippen LogP contribution in [-0.2, 0) is 16.0 Å². The first kappa shape index (κ1) is 24.5. The molecule has 9 nitrogen and oxygen atoms in total. The van der Waals surface area contributed by atoms with Crippen LogP contribution in [0.5, 0.6) is 0 Å². The Bertz CT molecular complexity index is 1070. The van der Waals surface area contributed by atoms with Crippen molar-refractivity contribution in [3.05, 3.63) is 70.3 Å². The minimum Gasteiger partial charge on any atom is -0.444 e. The zero-order valence-corrected chi connectivity index (χ0v) is 20.5. The van der Waals surface area contributed by atoms with Gasteiger partial charge in [-0.2, -0.15) is 0 Å².